The second-order valence-electron chi connectivity index (χ2n) is 3.72. The molecule has 2 aromatic rings. The van der Waals surface area contributed by atoms with Crippen molar-refractivity contribution in [1.82, 2.24) is 9.38 Å². The van der Waals surface area contributed by atoms with Gasteiger partial charge in [-0.2, -0.15) is 0 Å². The van der Waals surface area contributed by atoms with Crippen LogP contribution in [0.1, 0.15) is 24.0 Å². The zero-order chi connectivity index (χ0) is 8.67. The zero-order valence-corrected chi connectivity index (χ0v) is 7.53. The number of aromatic nitrogens is 2. The minimum Gasteiger partial charge on any atom is -0.307 e. The van der Waals surface area contributed by atoms with Crippen LogP contribution in [0.5, 0.6) is 0 Å². The van der Waals surface area contributed by atoms with Gasteiger partial charge in [0.2, 0.25) is 0 Å². The second kappa shape index (κ2) is 2.59. The summed E-state index contributed by atoms with van der Waals surface area (Å²) in [7, 11) is 0. The lowest BCUT2D eigenvalue weighted by Crippen LogP contribution is -2.04. The molecule has 0 spiro atoms. The number of hydrogen-bond acceptors (Lipinski definition) is 1. The molecule has 0 bridgehead atoms. The normalized spacial score (nSPS) is 16.0. The van der Waals surface area contributed by atoms with Crippen LogP contribution in [0.2, 0.25) is 0 Å². The highest BCUT2D eigenvalue weighted by atomic mass is 15.0. The SMILES string of the molecule is c1cn2cc3c(cc2n1)CCCC3. The average molecular weight is 172 g/mol. The van der Waals surface area contributed by atoms with Gasteiger partial charge in [0.05, 0.1) is 0 Å². The highest BCUT2D eigenvalue weighted by Crippen LogP contribution is 2.21. The van der Waals surface area contributed by atoms with Crippen LogP contribution in [0.15, 0.2) is 24.7 Å². The predicted molar refractivity (Wildman–Crippen MR) is 51.8 cm³/mol. The van der Waals surface area contributed by atoms with E-state index in [1.165, 1.54) is 36.8 Å². The molecule has 0 atom stereocenters. The van der Waals surface area contributed by atoms with Crippen LogP contribution >= 0.6 is 0 Å². The van der Waals surface area contributed by atoms with Crippen molar-refractivity contribution in [3.05, 3.63) is 35.8 Å². The van der Waals surface area contributed by atoms with Crippen LogP contribution in [-0.2, 0) is 12.8 Å². The molecule has 0 amide bonds. The third-order valence-corrected chi connectivity index (χ3v) is 2.85. The van der Waals surface area contributed by atoms with Gasteiger partial charge in [-0.15, -0.1) is 0 Å². The van der Waals surface area contributed by atoms with Gasteiger partial charge in [0.25, 0.3) is 0 Å². The lowest BCUT2D eigenvalue weighted by Gasteiger charge is -2.15. The number of hydrogen-bond donors (Lipinski definition) is 0. The molecule has 0 saturated carbocycles. The Labute approximate surface area is 77.2 Å². The molecule has 2 heteroatoms. The largest absolute Gasteiger partial charge is 0.307 e. The summed E-state index contributed by atoms with van der Waals surface area (Å²) in [4.78, 5) is 4.29. The van der Waals surface area contributed by atoms with Gasteiger partial charge in [0.15, 0.2) is 0 Å². The maximum Gasteiger partial charge on any atom is 0.136 e. The first-order valence-corrected chi connectivity index (χ1v) is 4.88. The quantitative estimate of drug-likeness (QED) is 0.595. The third kappa shape index (κ3) is 1.05. The minimum atomic E-state index is 1.08. The van der Waals surface area contributed by atoms with Crippen molar-refractivity contribution >= 4 is 5.65 Å². The van der Waals surface area contributed by atoms with Gasteiger partial charge in [0, 0.05) is 18.6 Å². The molecule has 66 valence electrons. The molecule has 0 unspecified atom stereocenters. The van der Waals surface area contributed by atoms with Crippen molar-refractivity contribution in [3.63, 3.8) is 0 Å². The lowest BCUT2D eigenvalue weighted by atomic mass is 9.93. The predicted octanol–water partition coefficient (Wildman–Crippen LogP) is 2.21. The molecule has 0 saturated heterocycles. The molecule has 1 aliphatic carbocycles. The Morgan fingerprint density at radius 2 is 2.00 bits per heavy atom. The Bertz CT molecular complexity index is 402. The van der Waals surface area contributed by atoms with Crippen molar-refractivity contribution in [2.45, 2.75) is 25.7 Å². The highest BCUT2D eigenvalue weighted by molar-refractivity contribution is 5.45. The maximum atomic E-state index is 4.29. The standard InChI is InChI=1S/C11H12N2/c1-2-4-10-8-13-6-5-12-11(13)7-9(10)3-1/h5-8H,1-4H2. The summed E-state index contributed by atoms with van der Waals surface area (Å²) in [5.74, 6) is 0. The van der Waals surface area contributed by atoms with E-state index in [9.17, 15) is 0 Å². The van der Waals surface area contributed by atoms with E-state index >= 15 is 0 Å². The van der Waals surface area contributed by atoms with Crippen molar-refractivity contribution < 1.29 is 0 Å². The molecule has 13 heavy (non-hydrogen) atoms. The van der Waals surface area contributed by atoms with Crippen molar-refractivity contribution in [1.29, 1.82) is 0 Å². The van der Waals surface area contributed by atoms with E-state index in [1.807, 2.05) is 12.4 Å². The average Bonchev–Trinajstić information content (AvgIpc) is 2.61. The number of rotatable bonds is 0. The van der Waals surface area contributed by atoms with Crippen LogP contribution < -0.4 is 0 Å². The first-order chi connectivity index (χ1) is 6.43. The van der Waals surface area contributed by atoms with Crippen molar-refractivity contribution in [3.8, 4) is 0 Å². The fourth-order valence-corrected chi connectivity index (χ4v) is 2.13. The Balaban J connectivity index is 2.28. The lowest BCUT2D eigenvalue weighted by molar-refractivity contribution is 0.681. The minimum absolute atomic E-state index is 1.08. The van der Waals surface area contributed by atoms with Crippen LogP contribution in [0.4, 0.5) is 0 Å². The summed E-state index contributed by atoms with van der Waals surface area (Å²) in [5, 5.41) is 0. The van der Waals surface area contributed by atoms with E-state index in [1.54, 1.807) is 0 Å². The summed E-state index contributed by atoms with van der Waals surface area (Å²) >= 11 is 0. The van der Waals surface area contributed by atoms with E-state index in [0.29, 0.717) is 0 Å². The first-order valence-electron chi connectivity index (χ1n) is 4.88. The van der Waals surface area contributed by atoms with Gasteiger partial charge in [0.1, 0.15) is 5.65 Å². The number of aryl methyl sites for hydroxylation is 2. The van der Waals surface area contributed by atoms with Gasteiger partial charge >= 0.3 is 0 Å². The van der Waals surface area contributed by atoms with Gasteiger partial charge in [-0.1, -0.05) is 0 Å². The Morgan fingerprint density at radius 3 is 2.92 bits per heavy atom. The zero-order valence-electron chi connectivity index (χ0n) is 7.53. The van der Waals surface area contributed by atoms with E-state index in [-0.39, 0.29) is 0 Å². The monoisotopic (exact) mass is 172 g/mol. The summed E-state index contributed by atoms with van der Waals surface area (Å²) in [5.41, 5.74) is 4.10. The number of pyridine rings is 1. The molecule has 2 nitrogen and oxygen atoms in total. The maximum absolute atomic E-state index is 4.29. The van der Waals surface area contributed by atoms with Crippen LogP contribution in [0.25, 0.3) is 5.65 Å². The highest BCUT2D eigenvalue weighted by Gasteiger charge is 2.09. The number of fused-ring (bicyclic) bond motifs is 2. The van der Waals surface area contributed by atoms with E-state index in [4.69, 9.17) is 0 Å². The summed E-state index contributed by atoms with van der Waals surface area (Å²) < 4.78 is 2.12. The molecule has 1 aliphatic rings. The topological polar surface area (TPSA) is 17.3 Å². The fraction of sp³-hybridized carbons (Fsp3) is 0.364. The Kier molecular flexibility index (Phi) is 1.42. The molecule has 2 heterocycles. The molecule has 0 aromatic carbocycles. The van der Waals surface area contributed by atoms with Gasteiger partial charge < -0.3 is 4.40 Å². The molecule has 3 rings (SSSR count). The number of nitrogens with zero attached hydrogens (tertiary/aromatic N) is 2. The fourth-order valence-electron chi connectivity index (χ4n) is 2.13. The van der Waals surface area contributed by atoms with Crippen molar-refractivity contribution in [2.75, 3.05) is 0 Å². The summed E-state index contributed by atoms with van der Waals surface area (Å²) in [6.07, 6.45) is 11.3. The van der Waals surface area contributed by atoms with Crippen molar-refractivity contribution in [2.24, 2.45) is 0 Å². The van der Waals surface area contributed by atoms with Gasteiger partial charge in [-0.25, -0.2) is 4.98 Å². The van der Waals surface area contributed by atoms with E-state index in [0.717, 1.165) is 5.65 Å². The molecular weight excluding hydrogens is 160 g/mol. The van der Waals surface area contributed by atoms with Crippen LogP contribution in [0.3, 0.4) is 0 Å². The summed E-state index contributed by atoms with van der Waals surface area (Å²) in [6.45, 7) is 0. The Morgan fingerprint density at radius 1 is 1.15 bits per heavy atom. The molecular formula is C11H12N2. The van der Waals surface area contributed by atoms with Crippen LogP contribution in [0, 0.1) is 0 Å². The van der Waals surface area contributed by atoms with E-state index < -0.39 is 0 Å². The molecule has 0 fully saturated rings. The molecule has 0 aliphatic heterocycles. The molecule has 2 aromatic heterocycles. The molecule has 0 radical (unpaired) electrons. The first kappa shape index (κ1) is 7.13. The number of imidazole rings is 1. The van der Waals surface area contributed by atoms with Crippen LogP contribution in [-0.4, -0.2) is 9.38 Å². The Hall–Kier alpha value is -1.31. The second-order valence-corrected chi connectivity index (χ2v) is 3.72. The summed E-state index contributed by atoms with van der Waals surface area (Å²) in [6, 6.07) is 2.23. The van der Waals surface area contributed by atoms with Gasteiger partial charge in [-0.3, -0.25) is 0 Å². The van der Waals surface area contributed by atoms with Gasteiger partial charge in [-0.05, 0) is 42.9 Å². The molecule has 0 N–H and O–H groups in total. The van der Waals surface area contributed by atoms with E-state index in [2.05, 4.69) is 21.6 Å². The smallest absolute Gasteiger partial charge is 0.136 e. The third-order valence-electron chi connectivity index (χ3n) is 2.85.